The number of methoxy groups -OCH3 is 1. The first-order valence-electron chi connectivity index (χ1n) is 27.3. The zero-order valence-corrected chi connectivity index (χ0v) is 47.4. The predicted molar refractivity (Wildman–Crippen MR) is 303 cm³/mol. The minimum Gasteiger partial charge on any atom is -0.496 e. The van der Waals surface area contributed by atoms with Crippen molar-refractivity contribution in [3.8, 4) is 38.8 Å². The lowest BCUT2D eigenvalue weighted by Crippen LogP contribution is -2.57. The molecule has 2 aliphatic rings. The molecule has 434 valence electrons. The van der Waals surface area contributed by atoms with E-state index in [9.17, 15) is 28.7 Å². The lowest BCUT2D eigenvalue weighted by molar-refractivity contribution is -0.144. The van der Waals surface area contributed by atoms with Gasteiger partial charge in [0.1, 0.15) is 40.4 Å². The number of piperazine rings is 1. The molecule has 0 spiro atoms. The number of amides is 4. The first-order chi connectivity index (χ1) is 39.2. The van der Waals surface area contributed by atoms with Crippen molar-refractivity contribution in [2.75, 3.05) is 111 Å². The summed E-state index contributed by atoms with van der Waals surface area (Å²) < 4.78 is 48.2. The number of H-pyrrole nitrogens is 1. The Morgan fingerprint density at radius 1 is 0.815 bits per heavy atom. The van der Waals surface area contributed by atoms with Crippen molar-refractivity contribution in [3.05, 3.63) is 95.5 Å². The van der Waals surface area contributed by atoms with Crippen LogP contribution in [0.25, 0.3) is 44.1 Å². The molecule has 3 aromatic heterocycles. The quantitative estimate of drug-likeness (QED) is 0.0438. The second-order valence-corrected chi connectivity index (χ2v) is 21.6. The van der Waals surface area contributed by atoms with Crippen LogP contribution in [0.3, 0.4) is 0 Å². The van der Waals surface area contributed by atoms with Gasteiger partial charge in [0.2, 0.25) is 23.6 Å². The average molecular weight is 1140 g/mol. The SMILES string of the molecule is COc1cccc(F)c1-c1ncc2[nH]nc(-c3ccc(N4CCN(C(=O)CCOCCOCCOCCOCCOCCC(=O)N[C@H](C(=O)N5C[C@H](O)C[C@H]5C(=O)NCc5ccc(-c6scnc6C)cc5)C(C)(C)C)CC4)cc3)c2n1. The minimum absolute atomic E-state index is 0.0121. The van der Waals surface area contributed by atoms with Crippen LogP contribution >= 0.6 is 11.3 Å². The number of aliphatic hydroxyl groups excluding tert-OH is 1. The van der Waals surface area contributed by atoms with Crippen LogP contribution in [0, 0.1) is 18.2 Å². The second-order valence-electron chi connectivity index (χ2n) is 20.8. The molecule has 0 radical (unpaired) electrons. The fourth-order valence-corrected chi connectivity index (χ4v) is 10.4. The number of aromatic amines is 1. The molecular formula is C58H73FN10O11S. The molecule has 0 aliphatic carbocycles. The van der Waals surface area contributed by atoms with Crippen molar-refractivity contribution in [1.82, 2.24) is 45.6 Å². The molecule has 23 heteroatoms. The number of nitrogens with zero attached hydrogens (tertiary/aromatic N) is 7. The van der Waals surface area contributed by atoms with Crippen molar-refractivity contribution in [3.63, 3.8) is 0 Å². The maximum atomic E-state index is 14.8. The van der Waals surface area contributed by atoms with Gasteiger partial charge in [0.15, 0.2) is 5.82 Å². The predicted octanol–water partition coefficient (Wildman–Crippen LogP) is 5.59. The van der Waals surface area contributed by atoms with Crippen LogP contribution in [-0.4, -0.2) is 188 Å². The second kappa shape index (κ2) is 29.1. The molecule has 5 heterocycles. The molecule has 21 nitrogen and oxygen atoms in total. The van der Waals surface area contributed by atoms with Crippen molar-refractivity contribution in [1.29, 1.82) is 0 Å². The summed E-state index contributed by atoms with van der Waals surface area (Å²) in [6, 6.07) is 18.6. The number of rotatable bonds is 28. The van der Waals surface area contributed by atoms with Crippen LogP contribution in [0.15, 0.2) is 78.4 Å². The third-order valence-corrected chi connectivity index (χ3v) is 15.0. The maximum absolute atomic E-state index is 14.8. The highest BCUT2D eigenvalue weighted by Gasteiger charge is 2.44. The molecule has 2 fully saturated rings. The summed E-state index contributed by atoms with van der Waals surface area (Å²) in [5, 5.41) is 23.8. The number of β-amino-alcohol motifs (C(OH)–C–C–N with tert-alkyl or cyclic N) is 1. The van der Waals surface area contributed by atoms with Crippen LogP contribution in [-0.2, 0) is 49.4 Å². The van der Waals surface area contributed by atoms with Gasteiger partial charge in [0.05, 0.1) is 114 Å². The molecule has 2 saturated heterocycles. The normalized spacial score (nSPS) is 16.0. The fraction of sp³-hybridized carbons (Fsp3) is 0.483. The Hall–Kier alpha value is -6.99. The van der Waals surface area contributed by atoms with Gasteiger partial charge in [-0.3, -0.25) is 24.3 Å². The van der Waals surface area contributed by atoms with Gasteiger partial charge in [-0.15, -0.1) is 11.3 Å². The van der Waals surface area contributed by atoms with Gasteiger partial charge in [-0.2, -0.15) is 5.10 Å². The number of fused-ring (bicyclic) bond motifs is 1. The van der Waals surface area contributed by atoms with Gasteiger partial charge >= 0.3 is 0 Å². The van der Waals surface area contributed by atoms with E-state index >= 15 is 0 Å². The van der Waals surface area contributed by atoms with Gasteiger partial charge in [-0.1, -0.05) is 63.2 Å². The number of likely N-dealkylation sites (tertiary alicyclic amines) is 1. The highest BCUT2D eigenvalue weighted by atomic mass is 32.1. The van der Waals surface area contributed by atoms with Crippen molar-refractivity contribution < 1.29 is 57.1 Å². The number of carbonyl (C=O) groups is 4. The van der Waals surface area contributed by atoms with Gasteiger partial charge < -0.3 is 58.9 Å². The van der Waals surface area contributed by atoms with E-state index in [1.165, 1.54) is 18.1 Å². The molecule has 0 unspecified atom stereocenters. The fourth-order valence-electron chi connectivity index (χ4n) is 9.55. The number of ether oxygens (including phenoxy) is 6. The number of aryl methyl sites for hydroxylation is 1. The Bertz CT molecular complexity index is 3020. The standard InChI is InChI=1S/C58H73FN10O11S/c1-38-53(81-37-62-38)41-11-9-39(10-12-41)34-61-56(73)46-33-43(70)36-69(46)57(74)54(58(2,3)4)63-48(71)17-23-76-25-27-78-29-31-80-32-30-79-28-26-77-24-18-49(72)68-21-19-67(20-22-68)42-15-13-40(14-16-42)51-52-45(65-66-51)35-60-55(64-52)50-44(59)7-6-8-47(50)75-5/h6-16,35,37,43,46,54,70H,17-34,36H2,1-5H3,(H,61,73)(H,63,71)(H,65,66)/t43-,46+,54-/m1/s1. The molecule has 2 aliphatic heterocycles. The molecule has 4 N–H and O–H groups in total. The lowest BCUT2D eigenvalue weighted by Gasteiger charge is -2.36. The maximum Gasteiger partial charge on any atom is 0.246 e. The smallest absolute Gasteiger partial charge is 0.246 e. The number of halogens is 1. The first kappa shape index (κ1) is 60.1. The number of benzene rings is 3. The zero-order valence-electron chi connectivity index (χ0n) is 46.6. The summed E-state index contributed by atoms with van der Waals surface area (Å²) in [6.45, 7) is 13.5. The van der Waals surface area contributed by atoms with Crippen LogP contribution in [0.2, 0.25) is 0 Å². The lowest BCUT2D eigenvalue weighted by atomic mass is 9.85. The first-order valence-corrected chi connectivity index (χ1v) is 28.2. The summed E-state index contributed by atoms with van der Waals surface area (Å²) >= 11 is 1.57. The molecule has 3 atom stereocenters. The summed E-state index contributed by atoms with van der Waals surface area (Å²) in [4.78, 5) is 73.3. The Labute approximate surface area is 474 Å². The number of aliphatic hydroxyl groups is 1. The number of hydrogen-bond donors (Lipinski definition) is 4. The monoisotopic (exact) mass is 1140 g/mol. The molecule has 0 bridgehead atoms. The van der Waals surface area contributed by atoms with E-state index in [2.05, 4.69) is 40.7 Å². The molecule has 8 rings (SSSR count). The summed E-state index contributed by atoms with van der Waals surface area (Å²) in [7, 11) is 1.48. The van der Waals surface area contributed by atoms with Crippen LogP contribution in [0.5, 0.6) is 5.75 Å². The molecule has 6 aromatic rings. The number of anilines is 1. The largest absolute Gasteiger partial charge is 0.496 e. The molecule has 4 amide bonds. The summed E-state index contributed by atoms with van der Waals surface area (Å²) in [5.41, 5.74) is 7.89. The van der Waals surface area contributed by atoms with E-state index in [-0.39, 0.29) is 74.7 Å². The molecule has 81 heavy (non-hydrogen) atoms. The Balaban J connectivity index is 0.620. The molecule has 3 aromatic carbocycles. The third-order valence-electron chi connectivity index (χ3n) is 14.0. The van der Waals surface area contributed by atoms with Gasteiger partial charge in [-0.25, -0.2) is 19.3 Å². The van der Waals surface area contributed by atoms with E-state index in [0.29, 0.717) is 102 Å². The molecular weight excluding hydrogens is 1060 g/mol. The average Bonchev–Trinajstić information content (AvgIpc) is 4.46. The van der Waals surface area contributed by atoms with Crippen molar-refractivity contribution in [2.24, 2.45) is 5.41 Å². The van der Waals surface area contributed by atoms with Crippen LogP contribution in [0.1, 0.15) is 51.3 Å². The number of aromatic nitrogens is 5. The van der Waals surface area contributed by atoms with Crippen molar-refractivity contribution >= 4 is 51.7 Å². The number of thiazole rings is 1. The summed E-state index contributed by atoms with van der Waals surface area (Å²) in [5.74, 6) is -1.06. The van der Waals surface area contributed by atoms with E-state index < -0.39 is 35.3 Å². The van der Waals surface area contributed by atoms with Gasteiger partial charge in [0.25, 0.3) is 0 Å². The number of carbonyl (C=O) groups excluding carboxylic acids is 4. The summed E-state index contributed by atoms with van der Waals surface area (Å²) in [6.07, 6.45) is 1.12. The van der Waals surface area contributed by atoms with Crippen molar-refractivity contribution in [2.45, 2.75) is 71.7 Å². The van der Waals surface area contributed by atoms with E-state index in [0.717, 1.165) is 32.9 Å². The zero-order chi connectivity index (χ0) is 57.3. The highest BCUT2D eigenvalue weighted by molar-refractivity contribution is 7.13. The van der Waals surface area contributed by atoms with E-state index in [1.54, 1.807) is 29.7 Å². The Morgan fingerprint density at radius 2 is 1.44 bits per heavy atom. The molecule has 0 saturated carbocycles. The van der Waals surface area contributed by atoms with Gasteiger partial charge in [0, 0.05) is 63.4 Å². The number of nitrogens with one attached hydrogen (secondary N) is 3. The Morgan fingerprint density at radius 3 is 2.06 bits per heavy atom. The van der Waals surface area contributed by atoms with E-state index in [4.69, 9.17) is 28.4 Å². The van der Waals surface area contributed by atoms with Crippen LogP contribution in [0.4, 0.5) is 10.1 Å². The van der Waals surface area contributed by atoms with E-state index in [1.807, 2.05) is 86.6 Å². The highest BCUT2D eigenvalue weighted by Crippen LogP contribution is 2.34. The minimum atomic E-state index is -0.938. The van der Waals surface area contributed by atoms with Gasteiger partial charge in [-0.05, 0) is 47.7 Å². The topological polar surface area (TPSA) is 245 Å². The Kier molecular flexibility index (Phi) is 21.6. The van der Waals surface area contributed by atoms with Crippen LogP contribution < -0.4 is 20.3 Å². The number of hydrogen-bond acceptors (Lipinski definition) is 17. The third kappa shape index (κ3) is 16.4.